The number of hydrogen-bond acceptors (Lipinski definition) is 6. The van der Waals surface area contributed by atoms with Gasteiger partial charge in [-0.25, -0.2) is 18.4 Å². The van der Waals surface area contributed by atoms with E-state index in [9.17, 15) is 8.42 Å². The van der Waals surface area contributed by atoms with Gasteiger partial charge in [0, 0.05) is 24.7 Å². The van der Waals surface area contributed by atoms with Crippen LogP contribution in [0.3, 0.4) is 0 Å². The molecular weight excluding hydrogens is 288 g/mol. The highest BCUT2D eigenvalue weighted by atomic mass is 32.2. The quantitative estimate of drug-likeness (QED) is 0.889. The molecule has 7 heteroatoms. The van der Waals surface area contributed by atoms with Gasteiger partial charge in [0.05, 0.1) is 11.5 Å². The van der Waals surface area contributed by atoms with Gasteiger partial charge in [-0.1, -0.05) is 30.3 Å². The third-order valence-electron chi connectivity index (χ3n) is 3.43. The van der Waals surface area contributed by atoms with Crippen molar-refractivity contribution in [3.8, 4) is 11.4 Å². The van der Waals surface area contributed by atoms with Crippen LogP contribution in [0.25, 0.3) is 11.4 Å². The van der Waals surface area contributed by atoms with Crippen LogP contribution in [0.4, 0.5) is 11.6 Å². The fourth-order valence-corrected chi connectivity index (χ4v) is 3.47. The molecule has 0 radical (unpaired) electrons. The van der Waals surface area contributed by atoms with Crippen LogP contribution in [0.2, 0.25) is 0 Å². The fraction of sp³-hybridized carbons (Fsp3) is 0.286. The number of hydrogen-bond donors (Lipinski definition) is 1. The van der Waals surface area contributed by atoms with E-state index in [1.165, 1.54) is 0 Å². The van der Waals surface area contributed by atoms with E-state index in [1.807, 2.05) is 35.2 Å². The maximum absolute atomic E-state index is 11.5. The molecule has 2 N–H and O–H groups in total. The van der Waals surface area contributed by atoms with E-state index >= 15 is 0 Å². The topological polar surface area (TPSA) is 89.2 Å². The molecule has 0 atom stereocenters. The summed E-state index contributed by atoms with van der Waals surface area (Å²) < 4.78 is 23.0. The van der Waals surface area contributed by atoms with E-state index in [1.54, 1.807) is 6.07 Å². The summed E-state index contributed by atoms with van der Waals surface area (Å²) in [5, 5.41) is 0. The number of sulfone groups is 1. The molecule has 3 rings (SSSR count). The number of nitrogens with zero attached hydrogens (tertiary/aromatic N) is 3. The van der Waals surface area contributed by atoms with E-state index < -0.39 is 9.84 Å². The van der Waals surface area contributed by atoms with Gasteiger partial charge in [-0.3, -0.25) is 0 Å². The number of anilines is 2. The first-order chi connectivity index (χ1) is 10.0. The van der Waals surface area contributed by atoms with Crippen molar-refractivity contribution in [1.82, 2.24) is 9.97 Å². The van der Waals surface area contributed by atoms with Crippen LogP contribution < -0.4 is 10.6 Å². The summed E-state index contributed by atoms with van der Waals surface area (Å²) in [4.78, 5) is 10.7. The molecular formula is C14H16N4O2S. The number of benzene rings is 1. The monoisotopic (exact) mass is 304 g/mol. The summed E-state index contributed by atoms with van der Waals surface area (Å²) in [7, 11) is -2.91. The summed E-state index contributed by atoms with van der Waals surface area (Å²) in [6, 6.07) is 11.3. The SMILES string of the molecule is Nc1cc(N2CCS(=O)(=O)CC2)nc(-c2ccccc2)n1. The van der Waals surface area contributed by atoms with Gasteiger partial charge >= 0.3 is 0 Å². The number of rotatable bonds is 2. The zero-order chi connectivity index (χ0) is 14.9. The number of nitrogen functional groups attached to an aromatic ring is 1. The lowest BCUT2D eigenvalue weighted by molar-refractivity contribution is 0.586. The summed E-state index contributed by atoms with van der Waals surface area (Å²) >= 11 is 0. The minimum absolute atomic E-state index is 0.150. The van der Waals surface area contributed by atoms with Crippen LogP contribution in [-0.2, 0) is 9.84 Å². The van der Waals surface area contributed by atoms with Crippen LogP contribution >= 0.6 is 0 Å². The molecule has 0 bridgehead atoms. The first-order valence-corrected chi connectivity index (χ1v) is 8.51. The average Bonchev–Trinajstić information content (AvgIpc) is 2.47. The zero-order valence-corrected chi connectivity index (χ0v) is 12.3. The molecule has 1 aromatic carbocycles. The first kappa shape index (κ1) is 13.8. The molecule has 2 aromatic rings. The van der Waals surface area contributed by atoms with Crippen molar-refractivity contribution in [1.29, 1.82) is 0 Å². The van der Waals surface area contributed by atoms with Crippen molar-refractivity contribution < 1.29 is 8.42 Å². The van der Waals surface area contributed by atoms with Crippen LogP contribution in [-0.4, -0.2) is 43.0 Å². The minimum atomic E-state index is -2.91. The van der Waals surface area contributed by atoms with Gasteiger partial charge in [0.2, 0.25) is 0 Å². The molecule has 1 aliphatic heterocycles. The number of nitrogens with two attached hydrogens (primary N) is 1. The summed E-state index contributed by atoms with van der Waals surface area (Å²) in [6.07, 6.45) is 0. The van der Waals surface area contributed by atoms with Gasteiger partial charge < -0.3 is 10.6 Å². The Morgan fingerprint density at radius 3 is 2.38 bits per heavy atom. The Hall–Kier alpha value is -2.15. The molecule has 2 heterocycles. The Balaban J connectivity index is 1.92. The highest BCUT2D eigenvalue weighted by molar-refractivity contribution is 7.91. The third kappa shape index (κ3) is 3.13. The van der Waals surface area contributed by atoms with Crippen molar-refractivity contribution in [2.75, 3.05) is 35.2 Å². The van der Waals surface area contributed by atoms with Gasteiger partial charge in [0.25, 0.3) is 0 Å². The predicted octanol–water partition coefficient (Wildman–Crippen LogP) is 0.961. The summed E-state index contributed by atoms with van der Waals surface area (Å²) in [5.41, 5.74) is 6.75. The molecule has 0 amide bonds. The molecule has 110 valence electrons. The normalized spacial score (nSPS) is 17.6. The lowest BCUT2D eigenvalue weighted by Crippen LogP contribution is -2.40. The van der Waals surface area contributed by atoms with Gasteiger partial charge in [-0.05, 0) is 0 Å². The van der Waals surface area contributed by atoms with Gasteiger partial charge in [0.1, 0.15) is 11.6 Å². The highest BCUT2D eigenvalue weighted by Crippen LogP contribution is 2.22. The molecule has 1 saturated heterocycles. The van der Waals surface area contributed by atoms with Crippen LogP contribution in [0.5, 0.6) is 0 Å². The van der Waals surface area contributed by atoms with Crippen molar-refractivity contribution in [3.63, 3.8) is 0 Å². The number of aromatic nitrogens is 2. The highest BCUT2D eigenvalue weighted by Gasteiger charge is 2.23. The molecule has 1 aromatic heterocycles. The van der Waals surface area contributed by atoms with Crippen molar-refractivity contribution in [2.24, 2.45) is 0 Å². The van der Waals surface area contributed by atoms with Crippen molar-refractivity contribution in [2.45, 2.75) is 0 Å². The summed E-state index contributed by atoms with van der Waals surface area (Å²) in [6.45, 7) is 0.875. The maximum Gasteiger partial charge on any atom is 0.163 e. The Bertz CT molecular complexity index is 733. The smallest absolute Gasteiger partial charge is 0.163 e. The van der Waals surface area contributed by atoms with E-state index in [0.29, 0.717) is 30.5 Å². The minimum Gasteiger partial charge on any atom is -0.384 e. The van der Waals surface area contributed by atoms with Gasteiger partial charge in [0.15, 0.2) is 15.7 Å². The maximum atomic E-state index is 11.5. The predicted molar refractivity (Wildman–Crippen MR) is 82.7 cm³/mol. The molecule has 0 unspecified atom stereocenters. The average molecular weight is 304 g/mol. The molecule has 0 spiro atoms. The van der Waals surface area contributed by atoms with E-state index in [0.717, 1.165) is 5.56 Å². The molecule has 1 fully saturated rings. The van der Waals surface area contributed by atoms with Gasteiger partial charge in [-0.15, -0.1) is 0 Å². The van der Waals surface area contributed by atoms with Crippen LogP contribution in [0, 0.1) is 0 Å². The zero-order valence-electron chi connectivity index (χ0n) is 11.4. The second kappa shape index (κ2) is 5.33. The third-order valence-corrected chi connectivity index (χ3v) is 5.04. The van der Waals surface area contributed by atoms with E-state index in [-0.39, 0.29) is 11.5 Å². The largest absolute Gasteiger partial charge is 0.384 e. The molecule has 0 saturated carbocycles. The lowest BCUT2D eigenvalue weighted by atomic mass is 10.2. The Morgan fingerprint density at radius 1 is 1.05 bits per heavy atom. The van der Waals surface area contributed by atoms with Crippen molar-refractivity contribution in [3.05, 3.63) is 36.4 Å². The second-order valence-electron chi connectivity index (χ2n) is 4.98. The van der Waals surface area contributed by atoms with E-state index in [4.69, 9.17) is 5.73 Å². The van der Waals surface area contributed by atoms with Crippen LogP contribution in [0.15, 0.2) is 36.4 Å². The van der Waals surface area contributed by atoms with Crippen molar-refractivity contribution >= 4 is 21.5 Å². The first-order valence-electron chi connectivity index (χ1n) is 6.69. The molecule has 21 heavy (non-hydrogen) atoms. The Kier molecular flexibility index (Phi) is 3.50. The Labute approximate surface area is 123 Å². The molecule has 1 aliphatic rings. The Morgan fingerprint density at radius 2 is 1.71 bits per heavy atom. The second-order valence-corrected chi connectivity index (χ2v) is 7.28. The summed E-state index contributed by atoms with van der Waals surface area (Å²) in [5.74, 6) is 1.91. The standard InChI is InChI=1S/C14H16N4O2S/c15-12-10-13(18-6-8-21(19,20)9-7-18)17-14(16-12)11-4-2-1-3-5-11/h1-5,10H,6-9H2,(H2,15,16,17). The lowest BCUT2D eigenvalue weighted by Gasteiger charge is -2.28. The fourth-order valence-electron chi connectivity index (χ4n) is 2.27. The van der Waals surface area contributed by atoms with E-state index in [2.05, 4.69) is 9.97 Å². The van der Waals surface area contributed by atoms with Gasteiger partial charge in [-0.2, -0.15) is 0 Å². The van der Waals surface area contributed by atoms with Crippen LogP contribution in [0.1, 0.15) is 0 Å². The molecule has 6 nitrogen and oxygen atoms in total. The molecule has 0 aliphatic carbocycles.